The molecule has 1 unspecified atom stereocenters. The van der Waals surface area contributed by atoms with Crippen LogP contribution < -0.4 is 24.4 Å². The van der Waals surface area contributed by atoms with Crippen molar-refractivity contribution in [1.29, 1.82) is 0 Å². The van der Waals surface area contributed by atoms with E-state index in [-0.39, 0.29) is 18.2 Å². The Bertz CT molecular complexity index is 830. The summed E-state index contributed by atoms with van der Waals surface area (Å²) in [6.45, 7) is 0.298. The van der Waals surface area contributed by atoms with Gasteiger partial charge in [-0.1, -0.05) is 12.1 Å². The SMILES string of the molecule is COc1cc(NC(=O)C2CC(=O)N(c3ccccc3OC)C2)cc(OC)c1. The van der Waals surface area contributed by atoms with Crippen molar-refractivity contribution in [1.82, 2.24) is 0 Å². The summed E-state index contributed by atoms with van der Waals surface area (Å²) >= 11 is 0. The van der Waals surface area contributed by atoms with Gasteiger partial charge in [0.15, 0.2) is 0 Å². The van der Waals surface area contributed by atoms with Crippen molar-refractivity contribution in [3.63, 3.8) is 0 Å². The molecule has 2 aromatic carbocycles. The molecule has 1 N–H and O–H groups in total. The molecule has 2 amide bonds. The molecule has 1 fully saturated rings. The van der Waals surface area contributed by atoms with Crippen LogP contribution in [0.15, 0.2) is 42.5 Å². The maximum Gasteiger partial charge on any atom is 0.229 e. The number of methoxy groups -OCH3 is 3. The summed E-state index contributed by atoms with van der Waals surface area (Å²) < 4.78 is 15.8. The van der Waals surface area contributed by atoms with Gasteiger partial charge in [-0.15, -0.1) is 0 Å². The van der Waals surface area contributed by atoms with Crippen LogP contribution in [-0.4, -0.2) is 39.7 Å². The van der Waals surface area contributed by atoms with E-state index in [1.54, 1.807) is 50.5 Å². The molecule has 1 saturated heterocycles. The molecule has 0 radical (unpaired) electrons. The lowest BCUT2D eigenvalue weighted by Gasteiger charge is -2.19. The Labute approximate surface area is 157 Å². The average molecular weight is 370 g/mol. The number of rotatable bonds is 6. The van der Waals surface area contributed by atoms with Crippen LogP contribution in [0.3, 0.4) is 0 Å². The fourth-order valence-corrected chi connectivity index (χ4v) is 3.09. The molecule has 0 spiro atoms. The molecule has 1 aliphatic rings. The van der Waals surface area contributed by atoms with Gasteiger partial charge in [-0.25, -0.2) is 0 Å². The zero-order chi connectivity index (χ0) is 19.4. The Hall–Kier alpha value is -3.22. The molecule has 0 saturated carbocycles. The van der Waals surface area contributed by atoms with E-state index in [2.05, 4.69) is 5.32 Å². The van der Waals surface area contributed by atoms with Crippen molar-refractivity contribution in [2.75, 3.05) is 38.1 Å². The van der Waals surface area contributed by atoms with E-state index in [0.717, 1.165) is 0 Å². The first-order valence-corrected chi connectivity index (χ1v) is 8.53. The van der Waals surface area contributed by atoms with Crippen LogP contribution in [0, 0.1) is 5.92 Å². The number of carbonyl (C=O) groups is 2. The summed E-state index contributed by atoms with van der Waals surface area (Å²) in [6.07, 6.45) is 0.144. The number of para-hydroxylation sites is 2. The van der Waals surface area contributed by atoms with Crippen LogP contribution in [0.2, 0.25) is 0 Å². The van der Waals surface area contributed by atoms with Gasteiger partial charge in [-0.05, 0) is 12.1 Å². The van der Waals surface area contributed by atoms with Gasteiger partial charge in [0, 0.05) is 36.9 Å². The second-order valence-electron chi connectivity index (χ2n) is 6.17. The predicted molar refractivity (Wildman–Crippen MR) is 102 cm³/mol. The number of nitrogens with one attached hydrogen (secondary N) is 1. The molecule has 3 rings (SSSR count). The summed E-state index contributed by atoms with van der Waals surface area (Å²) in [5.74, 6) is 0.952. The molecule has 142 valence electrons. The van der Waals surface area contributed by atoms with Crippen LogP contribution in [0.1, 0.15) is 6.42 Å². The van der Waals surface area contributed by atoms with Crippen molar-refractivity contribution in [3.05, 3.63) is 42.5 Å². The third-order valence-electron chi connectivity index (χ3n) is 4.49. The molecule has 1 atom stereocenters. The van der Waals surface area contributed by atoms with E-state index < -0.39 is 5.92 Å². The van der Waals surface area contributed by atoms with Crippen LogP contribution in [0.4, 0.5) is 11.4 Å². The lowest BCUT2D eigenvalue weighted by molar-refractivity contribution is -0.122. The largest absolute Gasteiger partial charge is 0.497 e. The van der Waals surface area contributed by atoms with E-state index in [1.165, 1.54) is 0 Å². The van der Waals surface area contributed by atoms with Gasteiger partial charge >= 0.3 is 0 Å². The molecule has 27 heavy (non-hydrogen) atoms. The van der Waals surface area contributed by atoms with Crippen molar-refractivity contribution < 1.29 is 23.8 Å². The standard InChI is InChI=1S/C20H22N2O5/c1-25-15-9-14(10-16(11-15)26-2)21-20(24)13-8-19(23)22(12-13)17-6-4-5-7-18(17)27-3/h4-7,9-11,13H,8,12H2,1-3H3,(H,21,24). The summed E-state index contributed by atoms with van der Waals surface area (Å²) in [5, 5.41) is 2.85. The highest BCUT2D eigenvalue weighted by Gasteiger charge is 2.36. The number of anilines is 2. The molecule has 0 bridgehead atoms. The molecule has 7 nitrogen and oxygen atoms in total. The van der Waals surface area contributed by atoms with Gasteiger partial charge in [0.1, 0.15) is 17.2 Å². The Kier molecular flexibility index (Phi) is 5.49. The molecular formula is C20H22N2O5. The predicted octanol–water partition coefficient (Wildman–Crippen LogP) is 2.70. The Morgan fingerprint density at radius 1 is 1.04 bits per heavy atom. The normalized spacial score (nSPS) is 16.2. The van der Waals surface area contributed by atoms with Gasteiger partial charge < -0.3 is 24.4 Å². The zero-order valence-corrected chi connectivity index (χ0v) is 15.5. The second kappa shape index (κ2) is 7.99. The lowest BCUT2D eigenvalue weighted by Crippen LogP contribution is -2.28. The summed E-state index contributed by atoms with van der Waals surface area (Å²) in [4.78, 5) is 26.7. The maximum atomic E-state index is 12.7. The minimum Gasteiger partial charge on any atom is -0.497 e. The van der Waals surface area contributed by atoms with Gasteiger partial charge in [-0.2, -0.15) is 0 Å². The smallest absolute Gasteiger partial charge is 0.229 e. The number of nitrogens with zero attached hydrogens (tertiary/aromatic N) is 1. The summed E-state index contributed by atoms with van der Waals surface area (Å²) in [5.41, 5.74) is 1.22. The zero-order valence-electron chi connectivity index (χ0n) is 15.5. The van der Waals surface area contributed by atoms with E-state index in [1.807, 2.05) is 18.2 Å². The molecule has 1 heterocycles. The number of hydrogen-bond donors (Lipinski definition) is 1. The second-order valence-corrected chi connectivity index (χ2v) is 6.17. The maximum absolute atomic E-state index is 12.7. The van der Waals surface area contributed by atoms with Crippen molar-refractivity contribution in [2.24, 2.45) is 5.92 Å². The highest BCUT2D eigenvalue weighted by Crippen LogP contribution is 2.33. The molecule has 7 heteroatoms. The van der Waals surface area contributed by atoms with Crippen LogP contribution in [0.5, 0.6) is 17.2 Å². The number of ether oxygens (including phenoxy) is 3. The van der Waals surface area contributed by atoms with E-state index in [0.29, 0.717) is 35.2 Å². The monoisotopic (exact) mass is 370 g/mol. The summed E-state index contributed by atoms with van der Waals surface area (Å²) in [7, 11) is 4.64. The first-order chi connectivity index (χ1) is 13.0. The molecule has 0 aromatic heterocycles. The first kappa shape index (κ1) is 18.6. The van der Waals surface area contributed by atoms with Gasteiger partial charge in [-0.3, -0.25) is 9.59 Å². The van der Waals surface area contributed by atoms with E-state index in [4.69, 9.17) is 14.2 Å². The van der Waals surface area contributed by atoms with Crippen LogP contribution in [0.25, 0.3) is 0 Å². The van der Waals surface area contributed by atoms with E-state index in [9.17, 15) is 9.59 Å². The third-order valence-corrected chi connectivity index (χ3v) is 4.49. The highest BCUT2D eigenvalue weighted by molar-refractivity contribution is 6.04. The van der Waals surface area contributed by atoms with Crippen LogP contribution >= 0.6 is 0 Å². The van der Waals surface area contributed by atoms with Crippen molar-refractivity contribution in [3.8, 4) is 17.2 Å². The number of benzene rings is 2. The topological polar surface area (TPSA) is 77.1 Å². The quantitative estimate of drug-likeness (QED) is 0.846. The fraction of sp³-hybridized carbons (Fsp3) is 0.300. The highest BCUT2D eigenvalue weighted by atomic mass is 16.5. The minimum absolute atomic E-state index is 0.108. The van der Waals surface area contributed by atoms with Crippen LogP contribution in [-0.2, 0) is 9.59 Å². The minimum atomic E-state index is -0.459. The molecule has 2 aromatic rings. The van der Waals surface area contributed by atoms with Gasteiger partial charge in [0.25, 0.3) is 0 Å². The Morgan fingerprint density at radius 3 is 2.33 bits per heavy atom. The molecular weight excluding hydrogens is 348 g/mol. The Balaban J connectivity index is 1.74. The number of amides is 2. The average Bonchev–Trinajstić information content (AvgIpc) is 3.09. The van der Waals surface area contributed by atoms with Gasteiger partial charge in [0.2, 0.25) is 11.8 Å². The first-order valence-electron chi connectivity index (χ1n) is 8.53. The third kappa shape index (κ3) is 3.97. The fourth-order valence-electron chi connectivity index (χ4n) is 3.09. The summed E-state index contributed by atoms with van der Waals surface area (Å²) in [6, 6.07) is 12.4. The van der Waals surface area contributed by atoms with Crippen molar-refractivity contribution >= 4 is 23.2 Å². The van der Waals surface area contributed by atoms with E-state index >= 15 is 0 Å². The number of carbonyl (C=O) groups excluding carboxylic acids is 2. The molecule has 0 aliphatic carbocycles. The van der Waals surface area contributed by atoms with Crippen molar-refractivity contribution in [2.45, 2.75) is 6.42 Å². The number of hydrogen-bond acceptors (Lipinski definition) is 5. The Morgan fingerprint density at radius 2 is 1.70 bits per heavy atom. The van der Waals surface area contributed by atoms with Gasteiger partial charge in [0.05, 0.1) is 32.9 Å². The molecule has 1 aliphatic heterocycles. The lowest BCUT2D eigenvalue weighted by atomic mass is 10.1.